The number of hydrogen-bond acceptors (Lipinski definition) is 10. The third-order valence-corrected chi connectivity index (χ3v) is 13.0. The van der Waals surface area contributed by atoms with Gasteiger partial charge in [0.1, 0.15) is 42.7 Å². The lowest BCUT2D eigenvalue weighted by Crippen LogP contribution is -2.67. The van der Waals surface area contributed by atoms with Crippen molar-refractivity contribution in [3.05, 3.63) is 251 Å². The van der Waals surface area contributed by atoms with Gasteiger partial charge < -0.3 is 42.6 Å². The molecule has 10 heteroatoms. The quantitative estimate of drug-likeness (QED) is 0.0625. The van der Waals surface area contributed by atoms with Crippen LogP contribution in [-0.2, 0) is 88.9 Å². The Morgan fingerprint density at radius 2 is 0.671 bits per heavy atom. The molecule has 10 nitrogen and oxygen atoms in total. The first kappa shape index (κ1) is 51.6. The Morgan fingerprint density at radius 3 is 1.05 bits per heavy atom. The minimum atomic E-state index is -0.860. The Morgan fingerprint density at radius 1 is 0.356 bits per heavy atom. The SMILES string of the molecule is CO[C@H]1O[C@H](C#C[C@@H]2N[C@H](COCc3ccccc3)[C@H](OCc3ccccc3)[C@H](OCc3ccccc3)[C@H]2OCc2ccccc2)[C@@H](OCc2ccccc2)[C@H](OCc2ccccc2)[C@H]1OCc1ccccc1. The fraction of sp³-hybridized carbons (Fsp3) is 0.302. The average Bonchev–Trinajstić information content (AvgIpc) is 3.45. The van der Waals surface area contributed by atoms with Crippen molar-refractivity contribution in [2.75, 3.05) is 13.7 Å². The van der Waals surface area contributed by atoms with Gasteiger partial charge in [0.05, 0.1) is 64.9 Å². The Kier molecular flexibility index (Phi) is 19.6. The van der Waals surface area contributed by atoms with E-state index in [9.17, 15) is 0 Å². The van der Waals surface area contributed by atoms with Crippen LogP contribution < -0.4 is 5.32 Å². The Balaban J connectivity index is 1.09. The molecule has 7 aromatic carbocycles. The van der Waals surface area contributed by atoms with Gasteiger partial charge in [-0.1, -0.05) is 224 Å². The monoisotopic (exact) mass is 979 g/mol. The average molecular weight is 980 g/mol. The van der Waals surface area contributed by atoms with E-state index in [4.69, 9.17) is 42.6 Å². The lowest BCUT2D eigenvalue weighted by Gasteiger charge is -2.46. The highest BCUT2D eigenvalue weighted by Gasteiger charge is 2.50. The van der Waals surface area contributed by atoms with Gasteiger partial charge in [0.25, 0.3) is 0 Å². The number of nitrogens with one attached hydrogen (secondary N) is 1. The predicted octanol–water partition coefficient (Wildman–Crippen LogP) is 10.4. The van der Waals surface area contributed by atoms with Crippen LogP contribution in [0, 0.1) is 11.8 Å². The van der Waals surface area contributed by atoms with Crippen LogP contribution in [0.5, 0.6) is 0 Å². The first-order valence-electron chi connectivity index (χ1n) is 25.2. The van der Waals surface area contributed by atoms with Crippen molar-refractivity contribution in [2.24, 2.45) is 0 Å². The van der Waals surface area contributed by atoms with Gasteiger partial charge in [-0.25, -0.2) is 0 Å². The highest BCUT2D eigenvalue weighted by atomic mass is 16.7. The fourth-order valence-corrected chi connectivity index (χ4v) is 9.20. The molecule has 0 radical (unpaired) electrons. The van der Waals surface area contributed by atoms with Gasteiger partial charge >= 0.3 is 0 Å². The second kappa shape index (κ2) is 27.7. The zero-order valence-corrected chi connectivity index (χ0v) is 41.3. The molecular weight excluding hydrogens is 915 g/mol. The number of piperidine rings is 1. The molecule has 0 amide bonds. The number of rotatable bonds is 23. The van der Waals surface area contributed by atoms with Gasteiger partial charge in [-0.15, -0.1) is 0 Å². The molecule has 10 atom stereocenters. The van der Waals surface area contributed by atoms with Gasteiger partial charge in [-0.2, -0.15) is 0 Å². The van der Waals surface area contributed by atoms with Crippen LogP contribution in [-0.4, -0.2) is 74.8 Å². The molecule has 376 valence electrons. The van der Waals surface area contributed by atoms with Gasteiger partial charge in [0, 0.05) is 7.11 Å². The van der Waals surface area contributed by atoms with Gasteiger partial charge in [-0.05, 0) is 38.9 Å². The summed E-state index contributed by atoms with van der Waals surface area (Å²) in [6.45, 7) is 2.57. The summed E-state index contributed by atoms with van der Waals surface area (Å²) in [6.07, 6.45) is -5.57. The summed E-state index contributed by atoms with van der Waals surface area (Å²) in [7, 11) is 1.62. The number of ether oxygens (including phenoxy) is 9. The van der Waals surface area contributed by atoms with Crippen molar-refractivity contribution in [3.63, 3.8) is 0 Å². The topological polar surface area (TPSA) is 95.1 Å². The van der Waals surface area contributed by atoms with E-state index in [1.165, 1.54) is 0 Å². The largest absolute Gasteiger partial charge is 0.375 e. The second-order valence-electron chi connectivity index (χ2n) is 18.3. The van der Waals surface area contributed by atoms with Crippen molar-refractivity contribution in [2.45, 2.75) is 107 Å². The molecule has 2 aliphatic rings. The molecule has 0 aromatic heterocycles. The summed E-state index contributed by atoms with van der Waals surface area (Å²) in [6, 6.07) is 69.9. The molecule has 7 aromatic rings. The molecule has 1 N–H and O–H groups in total. The normalized spacial score (nSPS) is 23.8. The molecule has 73 heavy (non-hydrogen) atoms. The van der Waals surface area contributed by atoms with Crippen LogP contribution in [0.3, 0.4) is 0 Å². The molecular formula is C63H65NO9. The van der Waals surface area contributed by atoms with Crippen LogP contribution in [0.2, 0.25) is 0 Å². The first-order valence-corrected chi connectivity index (χ1v) is 25.2. The number of benzene rings is 7. The molecule has 9 rings (SSSR count). The summed E-state index contributed by atoms with van der Waals surface area (Å²) in [5, 5.41) is 3.87. The maximum atomic E-state index is 7.07. The summed E-state index contributed by atoms with van der Waals surface area (Å²) in [4.78, 5) is 0. The summed E-state index contributed by atoms with van der Waals surface area (Å²) >= 11 is 0. The number of methoxy groups -OCH3 is 1. The maximum Gasteiger partial charge on any atom is 0.187 e. The zero-order valence-electron chi connectivity index (χ0n) is 41.3. The van der Waals surface area contributed by atoms with Gasteiger partial charge in [0.2, 0.25) is 0 Å². The molecule has 0 saturated carbocycles. The van der Waals surface area contributed by atoms with E-state index in [-0.39, 0.29) is 12.6 Å². The van der Waals surface area contributed by atoms with E-state index >= 15 is 0 Å². The molecule has 0 spiro atoms. The second-order valence-corrected chi connectivity index (χ2v) is 18.3. The maximum absolute atomic E-state index is 7.07. The van der Waals surface area contributed by atoms with Crippen LogP contribution in [0.4, 0.5) is 0 Å². The Hall–Kier alpha value is -6.30. The number of hydrogen-bond donors (Lipinski definition) is 1. The minimum Gasteiger partial charge on any atom is -0.375 e. The third-order valence-electron chi connectivity index (χ3n) is 13.0. The Labute approximate surface area is 430 Å². The van der Waals surface area contributed by atoms with Gasteiger partial charge in [0.15, 0.2) is 6.29 Å². The van der Waals surface area contributed by atoms with Crippen molar-refractivity contribution in [3.8, 4) is 11.8 Å². The summed E-state index contributed by atoms with van der Waals surface area (Å²) in [5.41, 5.74) is 7.14. The third kappa shape index (κ3) is 15.1. The van der Waals surface area contributed by atoms with Crippen molar-refractivity contribution in [1.29, 1.82) is 0 Å². The zero-order chi connectivity index (χ0) is 49.7. The first-order chi connectivity index (χ1) is 36.2. The van der Waals surface area contributed by atoms with E-state index in [0.717, 1.165) is 38.9 Å². The Bertz CT molecular complexity index is 2680. The molecule has 2 heterocycles. The van der Waals surface area contributed by atoms with E-state index < -0.39 is 55.1 Å². The van der Waals surface area contributed by atoms with Crippen LogP contribution >= 0.6 is 0 Å². The van der Waals surface area contributed by atoms with E-state index in [1.54, 1.807) is 7.11 Å². The van der Waals surface area contributed by atoms with Gasteiger partial charge in [-0.3, -0.25) is 5.32 Å². The molecule has 0 aliphatic carbocycles. The van der Waals surface area contributed by atoms with Crippen molar-refractivity contribution < 1.29 is 42.6 Å². The molecule has 2 saturated heterocycles. The van der Waals surface area contributed by atoms with Crippen LogP contribution in [0.25, 0.3) is 0 Å². The molecule has 0 unspecified atom stereocenters. The van der Waals surface area contributed by atoms with E-state index in [2.05, 4.69) is 65.7 Å². The summed E-state index contributed by atoms with van der Waals surface area (Å²) < 4.78 is 61.3. The van der Waals surface area contributed by atoms with Crippen LogP contribution in [0.1, 0.15) is 38.9 Å². The molecule has 2 fully saturated rings. The standard InChI is InChI=1S/C63H65NO9/c1-65-63-62(72-45-53-35-21-8-22-36-53)61(71-44-52-33-19-7-20-34-52)59(69-42-50-29-15-5-16-30-50)56(73-63)38-37-54-57(67-40-48-25-11-3-12-26-48)60(70-43-51-31-17-6-18-32-51)58(68-41-49-27-13-4-14-28-49)55(64-54)46-66-39-47-23-9-2-10-24-47/h2-36,54-64H,39-46H2,1H3/t54-,55+,56+,57-,58-,59+,60+,61-,62+,63-/m0/s1. The predicted molar refractivity (Wildman–Crippen MR) is 280 cm³/mol. The van der Waals surface area contributed by atoms with Crippen molar-refractivity contribution >= 4 is 0 Å². The highest BCUT2D eigenvalue weighted by molar-refractivity contribution is 5.24. The minimum absolute atomic E-state index is 0.280. The van der Waals surface area contributed by atoms with Crippen LogP contribution in [0.15, 0.2) is 212 Å². The smallest absolute Gasteiger partial charge is 0.187 e. The lowest BCUT2D eigenvalue weighted by atomic mass is 9.89. The molecule has 0 bridgehead atoms. The van der Waals surface area contributed by atoms with E-state index in [0.29, 0.717) is 46.2 Å². The highest BCUT2D eigenvalue weighted by Crippen LogP contribution is 2.32. The lowest BCUT2D eigenvalue weighted by molar-refractivity contribution is -0.307. The molecule has 2 aliphatic heterocycles. The van der Waals surface area contributed by atoms with E-state index in [1.807, 2.05) is 164 Å². The fourth-order valence-electron chi connectivity index (χ4n) is 9.20. The summed E-state index contributed by atoms with van der Waals surface area (Å²) in [5.74, 6) is 7.21. The van der Waals surface area contributed by atoms with Crippen molar-refractivity contribution in [1.82, 2.24) is 5.32 Å².